The number of alkyl halides is 3. The largest absolute Gasteiger partial charge is 0.490 e. The van der Waals surface area contributed by atoms with Crippen LogP contribution >= 0.6 is 11.6 Å². The molecular weight excluding hydrogens is 329 g/mol. The number of carboxylic acid groups (broad SMARTS) is 1. The van der Waals surface area contributed by atoms with Gasteiger partial charge >= 0.3 is 12.1 Å². The third-order valence-corrected chi connectivity index (χ3v) is 3.00. The van der Waals surface area contributed by atoms with Crippen LogP contribution in [0, 0.1) is 0 Å². The van der Waals surface area contributed by atoms with E-state index >= 15 is 0 Å². The van der Waals surface area contributed by atoms with Crippen LogP contribution in [0.5, 0.6) is 0 Å². The van der Waals surface area contributed by atoms with Crippen molar-refractivity contribution in [3.05, 3.63) is 17.4 Å². The fourth-order valence-electron chi connectivity index (χ4n) is 1.74. The highest BCUT2D eigenvalue weighted by molar-refractivity contribution is 6.30. The van der Waals surface area contributed by atoms with Gasteiger partial charge in [0, 0.05) is 25.4 Å². The van der Waals surface area contributed by atoms with Crippen LogP contribution < -0.4 is 4.90 Å². The van der Waals surface area contributed by atoms with Crippen LogP contribution in [0.4, 0.5) is 19.0 Å². The van der Waals surface area contributed by atoms with E-state index in [0.717, 1.165) is 16.7 Å². The summed E-state index contributed by atoms with van der Waals surface area (Å²) >= 11 is 5.77. The number of β-amino-alcohol motifs (C(OH)–C–C–N with tert-alkyl or cyclic N) is 1. The second-order valence-electron chi connectivity index (χ2n) is 4.46. The topological polar surface area (TPSA) is 102 Å². The number of aliphatic hydroxyl groups excluding tert-OH is 1. The molecule has 0 amide bonds. The van der Waals surface area contributed by atoms with Crippen molar-refractivity contribution in [1.29, 1.82) is 0 Å². The Morgan fingerprint density at radius 2 is 2.05 bits per heavy atom. The van der Waals surface area contributed by atoms with Gasteiger partial charge in [-0.3, -0.25) is 5.10 Å². The first-order valence-electron chi connectivity index (χ1n) is 5.91. The third kappa shape index (κ3) is 3.57. The molecule has 0 bridgehead atoms. The zero-order valence-corrected chi connectivity index (χ0v) is 11.6. The number of carboxylic acids is 1. The van der Waals surface area contributed by atoms with Gasteiger partial charge in [0.05, 0.1) is 17.0 Å². The van der Waals surface area contributed by atoms with Crippen LogP contribution in [0.15, 0.2) is 12.3 Å². The molecule has 0 spiro atoms. The molecule has 0 radical (unpaired) electrons. The lowest BCUT2D eigenvalue weighted by molar-refractivity contribution is -0.192. The molecule has 0 saturated carbocycles. The number of rotatable bonds is 1. The number of H-pyrrole nitrogens is 1. The summed E-state index contributed by atoms with van der Waals surface area (Å²) in [6, 6.07) is 1.74. The van der Waals surface area contributed by atoms with Crippen molar-refractivity contribution in [3.8, 4) is 0 Å². The average molecular weight is 339 g/mol. The van der Waals surface area contributed by atoms with Gasteiger partial charge in [0.1, 0.15) is 5.15 Å². The highest BCUT2D eigenvalue weighted by atomic mass is 35.5. The van der Waals surface area contributed by atoms with Gasteiger partial charge in [0.2, 0.25) is 0 Å². The van der Waals surface area contributed by atoms with Gasteiger partial charge in [-0.25, -0.2) is 9.78 Å². The Labute approximate surface area is 126 Å². The first kappa shape index (κ1) is 16.3. The Hall–Kier alpha value is -2.07. The second-order valence-corrected chi connectivity index (χ2v) is 4.85. The molecule has 1 aliphatic rings. The number of carbonyl (C=O) groups is 1. The van der Waals surface area contributed by atoms with Gasteiger partial charge in [-0.2, -0.15) is 18.3 Å². The average Bonchev–Trinajstić information content (AvgIpc) is 2.77. The molecule has 3 rings (SSSR count). The number of hydrogen-bond donors (Lipinski definition) is 3. The summed E-state index contributed by atoms with van der Waals surface area (Å²) < 4.78 is 31.7. The Balaban J connectivity index is 0.000000217. The van der Waals surface area contributed by atoms with Crippen molar-refractivity contribution in [2.24, 2.45) is 0 Å². The van der Waals surface area contributed by atoms with Crippen molar-refractivity contribution in [3.63, 3.8) is 0 Å². The number of hydrogen-bond acceptors (Lipinski definition) is 5. The Morgan fingerprint density at radius 1 is 1.45 bits per heavy atom. The van der Waals surface area contributed by atoms with E-state index in [0.29, 0.717) is 18.2 Å². The van der Waals surface area contributed by atoms with Crippen LogP contribution in [0.2, 0.25) is 5.15 Å². The molecule has 0 aromatic carbocycles. The zero-order valence-electron chi connectivity index (χ0n) is 10.8. The monoisotopic (exact) mass is 338 g/mol. The van der Waals surface area contributed by atoms with Gasteiger partial charge in [-0.05, 0) is 0 Å². The maximum absolute atomic E-state index is 10.6. The van der Waals surface area contributed by atoms with Crippen LogP contribution in [0.3, 0.4) is 0 Å². The Morgan fingerprint density at radius 3 is 2.55 bits per heavy atom. The number of fused-ring (bicyclic) bond motifs is 1. The van der Waals surface area contributed by atoms with Crippen molar-refractivity contribution >= 4 is 34.3 Å². The van der Waals surface area contributed by atoms with E-state index in [1.165, 1.54) is 0 Å². The molecule has 11 heteroatoms. The summed E-state index contributed by atoms with van der Waals surface area (Å²) in [6.07, 6.45) is -3.63. The highest BCUT2D eigenvalue weighted by Gasteiger charge is 2.38. The van der Waals surface area contributed by atoms with Crippen LogP contribution in [0.25, 0.3) is 10.9 Å². The minimum absolute atomic E-state index is 0.239. The van der Waals surface area contributed by atoms with Crippen LogP contribution in [-0.4, -0.2) is 56.7 Å². The maximum Gasteiger partial charge on any atom is 0.490 e. The van der Waals surface area contributed by atoms with Crippen LogP contribution in [-0.2, 0) is 4.79 Å². The number of aromatic nitrogens is 3. The van der Waals surface area contributed by atoms with Gasteiger partial charge < -0.3 is 15.1 Å². The molecule has 1 saturated heterocycles. The van der Waals surface area contributed by atoms with E-state index in [2.05, 4.69) is 15.2 Å². The van der Waals surface area contributed by atoms with Gasteiger partial charge in [0.15, 0.2) is 5.82 Å². The van der Waals surface area contributed by atoms with E-state index in [4.69, 9.17) is 21.5 Å². The molecule has 1 fully saturated rings. The maximum atomic E-state index is 10.6. The lowest BCUT2D eigenvalue weighted by atomic mass is 10.1. The Kier molecular flexibility index (Phi) is 4.42. The number of pyridine rings is 1. The normalized spacial score (nSPS) is 15.2. The van der Waals surface area contributed by atoms with Crippen molar-refractivity contribution in [2.75, 3.05) is 18.0 Å². The van der Waals surface area contributed by atoms with E-state index in [-0.39, 0.29) is 6.10 Å². The number of aromatic amines is 1. The van der Waals surface area contributed by atoms with E-state index < -0.39 is 12.1 Å². The molecule has 0 aliphatic carbocycles. The molecule has 22 heavy (non-hydrogen) atoms. The molecule has 0 unspecified atom stereocenters. The van der Waals surface area contributed by atoms with Gasteiger partial charge in [-0.15, -0.1) is 0 Å². The number of halogens is 4. The van der Waals surface area contributed by atoms with Crippen LogP contribution in [0.1, 0.15) is 0 Å². The lowest BCUT2D eigenvalue weighted by Crippen LogP contribution is -2.51. The number of aliphatic carboxylic acids is 1. The highest BCUT2D eigenvalue weighted by Crippen LogP contribution is 2.27. The number of anilines is 1. The minimum Gasteiger partial charge on any atom is -0.475 e. The fraction of sp³-hybridized carbons (Fsp3) is 0.364. The van der Waals surface area contributed by atoms with Crippen molar-refractivity contribution in [2.45, 2.75) is 12.3 Å². The minimum atomic E-state index is -5.08. The first-order chi connectivity index (χ1) is 10.2. The summed E-state index contributed by atoms with van der Waals surface area (Å²) in [5.74, 6) is -1.92. The summed E-state index contributed by atoms with van der Waals surface area (Å²) in [5.41, 5.74) is 0.867. The van der Waals surface area contributed by atoms with E-state index in [9.17, 15) is 18.3 Å². The van der Waals surface area contributed by atoms with Gasteiger partial charge in [-0.1, -0.05) is 11.6 Å². The smallest absolute Gasteiger partial charge is 0.475 e. The standard InChI is InChI=1S/C9H9ClN4O.C2HF3O2/c10-8-1-7-6(2-11-8)9(13-12-7)14-3-5(15)4-14;3-2(4,5)1(6)7/h1-2,5,15H,3-4H2,(H,12,13);(H,6,7). The second kappa shape index (κ2) is 5.97. The van der Waals surface area contributed by atoms with E-state index in [1.54, 1.807) is 12.3 Å². The molecule has 120 valence electrons. The molecule has 3 heterocycles. The summed E-state index contributed by atoms with van der Waals surface area (Å²) in [5, 5.41) is 24.8. The quantitative estimate of drug-likeness (QED) is 0.680. The molecule has 2 aromatic heterocycles. The summed E-state index contributed by atoms with van der Waals surface area (Å²) in [4.78, 5) is 14.9. The number of aliphatic hydroxyl groups is 1. The van der Waals surface area contributed by atoms with Gasteiger partial charge in [0.25, 0.3) is 0 Å². The van der Waals surface area contributed by atoms with E-state index in [1.807, 2.05) is 4.90 Å². The Bertz CT molecular complexity index is 685. The molecule has 2 aromatic rings. The molecular formula is C11H10ClF3N4O3. The number of nitrogens with zero attached hydrogens (tertiary/aromatic N) is 3. The predicted octanol–water partition coefficient (Wildman–Crippen LogP) is 1.43. The molecule has 1 aliphatic heterocycles. The molecule has 3 N–H and O–H groups in total. The molecule has 0 atom stereocenters. The SMILES string of the molecule is O=C(O)C(F)(F)F.OC1CN(c2n[nH]c3cc(Cl)ncc23)C1. The first-order valence-corrected chi connectivity index (χ1v) is 6.29. The summed E-state index contributed by atoms with van der Waals surface area (Å²) in [7, 11) is 0. The summed E-state index contributed by atoms with van der Waals surface area (Å²) in [6.45, 7) is 1.26. The predicted molar refractivity (Wildman–Crippen MR) is 70.8 cm³/mol. The fourth-order valence-corrected chi connectivity index (χ4v) is 1.90. The van der Waals surface area contributed by atoms with Crippen molar-refractivity contribution < 1.29 is 28.2 Å². The third-order valence-electron chi connectivity index (χ3n) is 2.80. The molecule has 7 nitrogen and oxygen atoms in total. The lowest BCUT2D eigenvalue weighted by Gasteiger charge is -2.36. The zero-order chi connectivity index (χ0) is 16.5. The van der Waals surface area contributed by atoms with Crippen molar-refractivity contribution in [1.82, 2.24) is 15.2 Å². The number of nitrogens with one attached hydrogen (secondary N) is 1.